The molecule has 11 heteroatoms. The maximum Gasteiger partial charge on any atom is 0.308 e. The van der Waals surface area contributed by atoms with Crippen molar-refractivity contribution in [3.8, 4) is 11.5 Å². The zero-order chi connectivity index (χ0) is 23.6. The molecule has 1 aromatic heterocycles. The van der Waals surface area contributed by atoms with Crippen LogP contribution in [0.25, 0.3) is 0 Å². The van der Waals surface area contributed by atoms with Crippen LogP contribution < -0.4 is 14.9 Å². The van der Waals surface area contributed by atoms with Gasteiger partial charge in [-0.3, -0.25) is 9.59 Å². The third kappa shape index (κ3) is 8.19. The molecule has 0 aliphatic carbocycles. The van der Waals surface area contributed by atoms with E-state index in [0.717, 1.165) is 14.4 Å². The minimum Gasteiger partial charge on any atom is -0.493 e. The van der Waals surface area contributed by atoms with Crippen molar-refractivity contribution in [2.45, 2.75) is 28.3 Å². The van der Waals surface area contributed by atoms with Crippen LogP contribution in [0.1, 0.15) is 23.6 Å². The molecule has 3 aromatic rings. The first kappa shape index (κ1) is 24.7. The topological polar surface area (TPSA) is 103 Å². The molecular weight excluding hydrogens is 480 g/mol. The molecule has 0 saturated carbocycles. The lowest BCUT2D eigenvalue weighted by atomic mass is 10.2. The van der Waals surface area contributed by atoms with Gasteiger partial charge in [-0.05, 0) is 36.2 Å². The normalized spacial score (nSPS) is 10.9. The summed E-state index contributed by atoms with van der Waals surface area (Å²) in [5.41, 5.74) is 5.62. The number of aryl methyl sites for hydroxylation is 1. The van der Waals surface area contributed by atoms with Crippen molar-refractivity contribution in [3.63, 3.8) is 0 Å². The van der Waals surface area contributed by atoms with Gasteiger partial charge >= 0.3 is 5.97 Å². The Balaban J connectivity index is 1.43. The minimum absolute atomic E-state index is 0.170. The van der Waals surface area contributed by atoms with Gasteiger partial charge in [0.05, 0.1) is 19.1 Å². The molecule has 0 bridgehead atoms. The van der Waals surface area contributed by atoms with E-state index in [9.17, 15) is 9.59 Å². The predicted octanol–water partition coefficient (Wildman–Crippen LogP) is 4.32. The number of thioether (sulfide) groups is 2. The molecular formula is C22H22N4O4S3. The largest absolute Gasteiger partial charge is 0.493 e. The van der Waals surface area contributed by atoms with Gasteiger partial charge in [0.1, 0.15) is 0 Å². The average Bonchev–Trinajstić information content (AvgIpc) is 3.26. The van der Waals surface area contributed by atoms with Crippen molar-refractivity contribution >= 4 is 53.0 Å². The van der Waals surface area contributed by atoms with Crippen molar-refractivity contribution in [2.75, 3.05) is 12.9 Å². The molecule has 1 amide bonds. The Labute approximate surface area is 204 Å². The number of rotatable bonds is 10. The summed E-state index contributed by atoms with van der Waals surface area (Å²) in [4.78, 5) is 23.2. The van der Waals surface area contributed by atoms with E-state index in [2.05, 4.69) is 51.9 Å². The number of amides is 1. The Morgan fingerprint density at radius 1 is 1.09 bits per heavy atom. The summed E-state index contributed by atoms with van der Waals surface area (Å²) in [6.45, 7) is 3.38. The summed E-state index contributed by atoms with van der Waals surface area (Å²) in [5.74, 6) is 1.00. The molecule has 2 aromatic carbocycles. The number of nitrogens with one attached hydrogen (secondary N) is 1. The van der Waals surface area contributed by atoms with Crippen LogP contribution in [-0.4, -0.2) is 41.2 Å². The van der Waals surface area contributed by atoms with Crippen LogP contribution in [0.3, 0.4) is 0 Å². The minimum atomic E-state index is -0.438. The van der Waals surface area contributed by atoms with Crippen LogP contribution >= 0.6 is 34.9 Å². The monoisotopic (exact) mass is 502 g/mol. The molecule has 0 spiro atoms. The molecule has 0 radical (unpaired) electrons. The lowest BCUT2D eigenvalue weighted by Gasteiger charge is -2.08. The number of carbonyl (C=O) groups excluding carboxylic acids is 2. The van der Waals surface area contributed by atoms with Crippen LogP contribution in [0.4, 0.5) is 0 Å². The highest BCUT2D eigenvalue weighted by Gasteiger charge is 2.10. The number of aromatic nitrogens is 2. The molecule has 3 rings (SSSR count). The van der Waals surface area contributed by atoms with Gasteiger partial charge in [0.25, 0.3) is 5.91 Å². The number of nitrogens with zero attached hydrogens (tertiary/aromatic N) is 3. The summed E-state index contributed by atoms with van der Waals surface area (Å²) >= 11 is 4.40. The molecule has 0 saturated heterocycles. The van der Waals surface area contributed by atoms with E-state index in [-0.39, 0.29) is 11.7 Å². The second-order valence-corrected chi connectivity index (χ2v) is 10.1. The van der Waals surface area contributed by atoms with Gasteiger partial charge in [0, 0.05) is 12.7 Å². The lowest BCUT2D eigenvalue weighted by Crippen LogP contribution is -2.19. The second kappa shape index (κ2) is 12.4. The number of hydrazone groups is 1. The predicted molar refractivity (Wildman–Crippen MR) is 131 cm³/mol. The zero-order valence-corrected chi connectivity index (χ0v) is 20.7. The Kier molecular flexibility index (Phi) is 9.28. The van der Waals surface area contributed by atoms with E-state index in [1.807, 2.05) is 0 Å². The first-order chi connectivity index (χ1) is 15.9. The summed E-state index contributed by atoms with van der Waals surface area (Å²) in [6, 6.07) is 13.3. The first-order valence-corrected chi connectivity index (χ1v) is 12.5. The van der Waals surface area contributed by atoms with Crippen molar-refractivity contribution < 1.29 is 19.1 Å². The molecule has 0 fully saturated rings. The zero-order valence-electron chi connectivity index (χ0n) is 18.2. The van der Waals surface area contributed by atoms with Crippen LogP contribution in [-0.2, 0) is 15.3 Å². The highest BCUT2D eigenvalue weighted by atomic mass is 32.2. The number of hydrogen-bond donors (Lipinski definition) is 1. The number of esters is 1. The van der Waals surface area contributed by atoms with E-state index in [0.29, 0.717) is 17.1 Å². The molecule has 1 heterocycles. The summed E-state index contributed by atoms with van der Waals surface area (Å²) in [5, 5.41) is 12.3. The van der Waals surface area contributed by atoms with Gasteiger partial charge < -0.3 is 9.47 Å². The van der Waals surface area contributed by atoms with E-state index < -0.39 is 5.97 Å². The van der Waals surface area contributed by atoms with Gasteiger partial charge in [-0.2, -0.15) is 5.10 Å². The molecule has 33 heavy (non-hydrogen) atoms. The second-order valence-electron chi connectivity index (χ2n) is 6.69. The van der Waals surface area contributed by atoms with Crippen molar-refractivity contribution in [2.24, 2.45) is 5.10 Å². The molecule has 8 nitrogen and oxygen atoms in total. The summed E-state index contributed by atoms with van der Waals surface area (Å²) < 4.78 is 11.9. The van der Waals surface area contributed by atoms with Crippen LogP contribution in [0.2, 0.25) is 0 Å². The van der Waals surface area contributed by atoms with Gasteiger partial charge in [-0.15, -0.1) is 10.2 Å². The lowest BCUT2D eigenvalue weighted by molar-refractivity contribution is -0.132. The smallest absolute Gasteiger partial charge is 0.308 e. The van der Waals surface area contributed by atoms with Crippen molar-refractivity contribution in [1.82, 2.24) is 15.6 Å². The molecule has 0 aliphatic rings. The Bertz CT molecular complexity index is 1130. The highest BCUT2D eigenvalue weighted by molar-refractivity contribution is 8.03. The van der Waals surface area contributed by atoms with E-state index in [1.54, 1.807) is 30.0 Å². The van der Waals surface area contributed by atoms with Gasteiger partial charge in [-0.25, -0.2) is 5.43 Å². The van der Waals surface area contributed by atoms with Crippen LogP contribution in [0.5, 0.6) is 11.5 Å². The summed E-state index contributed by atoms with van der Waals surface area (Å²) in [6.07, 6.45) is 1.48. The number of benzene rings is 2. The fourth-order valence-corrected chi connectivity index (χ4v) is 5.25. The number of hydrogen-bond acceptors (Lipinski definition) is 10. The fourth-order valence-electron chi connectivity index (χ4n) is 2.49. The Hall–Kier alpha value is -2.89. The average molecular weight is 503 g/mol. The third-order valence-corrected chi connectivity index (χ3v) is 7.30. The van der Waals surface area contributed by atoms with Crippen LogP contribution in [0.15, 0.2) is 56.2 Å². The van der Waals surface area contributed by atoms with E-state index in [1.165, 1.54) is 54.5 Å². The Morgan fingerprint density at radius 2 is 1.82 bits per heavy atom. The quantitative estimate of drug-likeness (QED) is 0.144. The van der Waals surface area contributed by atoms with Crippen molar-refractivity contribution in [1.29, 1.82) is 0 Å². The molecule has 1 N–H and O–H groups in total. The first-order valence-electron chi connectivity index (χ1n) is 9.76. The molecule has 0 unspecified atom stereocenters. The third-order valence-electron chi connectivity index (χ3n) is 4.04. The van der Waals surface area contributed by atoms with E-state index in [4.69, 9.17) is 9.47 Å². The number of carbonyl (C=O) groups is 2. The SMILES string of the molecule is COc1cc(/C=N/NC(=O)CSc2nnc(SCc3ccc(C)cc3)s2)ccc1OC(C)=O. The van der Waals surface area contributed by atoms with Crippen LogP contribution in [0, 0.1) is 6.92 Å². The van der Waals surface area contributed by atoms with Gasteiger partial charge in [0.15, 0.2) is 20.2 Å². The highest BCUT2D eigenvalue weighted by Crippen LogP contribution is 2.31. The van der Waals surface area contributed by atoms with Gasteiger partial charge in [0.2, 0.25) is 0 Å². The summed E-state index contributed by atoms with van der Waals surface area (Å²) in [7, 11) is 1.47. The molecule has 172 valence electrons. The Morgan fingerprint density at radius 3 is 2.52 bits per heavy atom. The number of methoxy groups -OCH3 is 1. The maximum absolute atomic E-state index is 12.1. The van der Waals surface area contributed by atoms with Crippen molar-refractivity contribution in [3.05, 3.63) is 59.2 Å². The maximum atomic E-state index is 12.1. The molecule has 0 atom stereocenters. The number of ether oxygens (including phenoxy) is 2. The standard InChI is InChI=1S/C22H22N4O4S3/c1-14-4-6-16(7-5-14)12-31-21-25-26-22(33-21)32-13-20(28)24-23-11-17-8-9-18(30-15(2)27)19(10-17)29-3/h4-11H,12-13H2,1-3H3,(H,24,28)/b23-11+. The molecule has 0 aliphatic heterocycles. The fraction of sp³-hybridized carbons (Fsp3) is 0.227. The van der Waals surface area contributed by atoms with Gasteiger partial charge in [-0.1, -0.05) is 64.7 Å². The van der Waals surface area contributed by atoms with E-state index >= 15 is 0 Å².